The first-order valence-corrected chi connectivity index (χ1v) is 6.10. The monoisotopic (exact) mass is 289 g/mol. The van der Waals surface area contributed by atoms with Gasteiger partial charge in [0.2, 0.25) is 5.95 Å². The second-order valence-electron chi connectivity index (χ2n) is 3.76. The lowest BCUT2D eigenvalue weighted by Gasteiger charge is -2.08. The van der Waals surface area contributed by atoms with E-state index in [2.05, 4.69) is 20.3 Å². The molecule has 0 unspecified atom stereocenters. The molecule has 1 aromatic carbocycles. The zero-order chi connectivity index (χ0) is 15.2. The van der Waals surface area contributed by atoms with Crippen molar-refractivity contribution in [2.45, 2.75) is 6.92 Å². The van der Waals surface area contributed by atoms with E-state index >= 15 is 0 Å². The molecule has 0 spiro atoms. The third-order valence-electron chi connectivity index (χ3n) is 2.36. The lowest BCUT2D eigenvalue weighted by Crippen LogP contribution is -2.05. The van der Waals surface area contributed by atoms with E-state index in [1.54, 1.807) is 20.0 Å². The number of ether oxygens (including phenoxy) is 2. The Balaban J connectivity index is 2.28. The topological polar surface area (TPSA) is 93.0 Å². The van der Waals surface area contributed by atoms with Gasteiger partial charge in [0.25, 0.3) is 0 Å². The van der Waals surface area contributed by atoms with E-state index in [4.69, 9.17) is 14.7 Å². The number of rotatable bonds is 5. The second-order valence-corrected chi connectivity index (χ2v) is 3.76. The van der Waals surface area contributed by atoms with Gasteiger partial charge in [0.1, 0.15) is 17.6 Å². The van der Waals surface area contributed by atoms with Crippen molar-refractivity contribution in [2.24, 2.45) is 0 Å². The van der Waals surface area contributed by atoms with Gasteiger partial charge in [-0.1, -0.05) is 0 Å². The highest BCUT2D eigenvalue weighted by Gasteiger charge is 2.10. The highest BCUT2D eigenvalue weighted by Crippen LogP contribution is 2.22. The van der Waals surface area contributed by atoms with Crippen LogP contribution in [0.3, 0.4) is 0 Å². The molecule has 21 heavy (non-hydrogen) atoms. The number of halogens is 1. The van der Waals surface area contributed by atoms with Crippen LogP contribution in [0.25, 0.3) is 0 Å². The van der Waals surface area contributed by atoms with Crippen LogP contribution in [-0.4, -0.2) is 28.6 Å². The lowest BCUT2D eigenvalue weighted by atomic mass is 10.2. The molecule has 108 valence electrons. The summed E-state index contributed by atoms with van der Waals surface area (Å²) in [6, 6.07) is 5.63. The summed E-state index contributed by atoms with van der Waals surface area (Å²) >= 11 is 0. The van der Waals surface area contributed by atoms with Crippen LogP contribution in [0.4, 0.5) is 10.3 Å². The van der Waals surface area contributed by atoms with Gasteiger partial charge in [-0.05, 0) is 19.1 Å². The highest BCUT2D eigenvalue weighted by molar-refractivity contribution is 5.37. The minimum Gasteiger partial charge on any atom is -0.464 e. The first kappa shape index (κ1) is 14.5. The van der Waals surface area contributed by atoms with E-state index < -0.39 is 5.82 Å². The Labute approximate surface area is 120 Å². The summed E-state index contributed by atoms with van der Waals surface area (Å²) in [4.78, 5) is 11.9. The van der Waals surface area contributed by atoms with Gasteiger partial charge in [0.15, 0.2) is 0 Å². The van der Waals surface area contributed by atoms with Crippen molar-refractivity contribution in [3.63, 3.8) is 0 Å². The molecule has 0 aliphatic heterocycles. The predicted molar refractivity (Wildman–Crippen MR) is 71.7 cm³/mol. The summed E-state index contributed by atoms with van der Waals surface area (Å²) in [7, 11) is 1.64. The van der Waals surface area contributed by atoms with E-state index in [9.17, 15) is 4.39 Å². The number of nitrogens with one attached hydrogen (secondary N) is 1. The SMILES string of the molecule is CCOc1nc(NC)nc(Oc2ccc(C#N)c(F)c2)n1. The summed E-state index contributed by atoms with van der Waals surface area (Å²) in [6.07, 6.45) is 0. The quantitative estimate of drug-likeness (QED) is 0.901. The maximum Gasteiger partial charge on any atom is 0.330 e. The minimum atomic E-state index is -0.678. The van der Waals surface area contributed by atoms with E-state index in [-0.39, 0.29) is 29.3 Å². The normalized spacial score (nSPS) is 9.81. The zero-order valence-electron chi connectivity index (χ0n) is 11.4. The van der Waals surface area contributed by atoms with Gasteiger partial charge >= 0.3 is 12.0 Å². The van der Waals surface area contributed by atoms with Crippen molar-refractivity contribution in [1.82, 2.24) is 15.0 Å². The maximum absolute atomic E-state index is 13.5. The fraction of sp³-hybridized carbons (Fsp3) is 0.231. The van der Waals surface area contributed by atoms with Crippen LogP contribution >= 0.6 is 0 Å². The van der Waals surface area contributed by atoms with E-state index in [1.165, 1.54) is 12.1 Å². The summed E-state index contributed by atoms with van der Waals surface area (Å²) in [5, 5.41) is 11.4. The van der Waals surface area contributed by atoms with Gasteiger partial charge in [-0.2, -0.15) is 15.2 Å². The Morgan fingerprint density at radius 1 is 1.29 bits per heavy atom. The molecule has 1 heterocycles. The maximum atomic E-state index is 13.5. The van der Waals surface area contributed by atoms with E-state index in [0.717, 1.165) is 6.07 Å². The van der Waals surface area contributed by atoms with Gasteiger partial charge in [-0.3, -0.25) is 0 Å². The van der Waals surface area contributed by atoms with Gasteiger partial charge < -0.3 is 14.8 Å². The third-order valence-corrected chi connectivity index (χ3v) is 2.36. The molecule has 0 amide bonds. The van der Waals surface area contributed by atoms with Crippen molar-refractivity contribution in [3.05, 3.63) is 29.6 Å². The molecule has 0 aliphatic rings. The molecule has 1 N–H and O–H groups in total. The largest absolute Gasteiger partial charge is 0.464 e. The molecular weight excluding hydrogens is 277 g/mol. The molecule has 1 aromatic heterocycles. The lowest BCUT2D eigenvalue weighted by molar-refractivity contribution is 0.304. The number of benzene rings is 1. The van der Waals surface area contributed by atoms with Crippen LogP contribution in [0.5, 0.6) is 17.8 Å². The molecule has 2 rings (SSSR count). The molecule has 0 radical (unpaired) electrons. The predicted octanol–water partition coefficient (Wildman–Crippen LogP) is 2.12. The van der Waals surface area contributed by atoms with E-state index in [1.807, 2.05) is 0 Å². The van der Waals surface area contributed by atoms with E-state index in [0.29, 0.717) is 6.61 Å². The Morgan fingerprint density at radius 2 is 2.05 bits per heavy atom. The number of nitriles is 1. The highest BCUT2D eigenvalue weighted by atomic mass is 19.1. The summed E-state index contributed by atoms with van der Waals surface area (Å²) in [5.41, 5.74) is -0.0658. The number of hydrogen-bond donors (Lipinski definition) is 1. The standard InChI is InChI=1S/C13H12FN5O2/c1-3-20-12-17-11(16-2)18-13(19-12)21-9-5-4-8(7-15)10(14)6-9/h4-6H,3H2,1-2H3,(H,16,17,18,19). The minimum absolute atomic E-state index is 0.0399. The molecule has 0 aliphatic carbocycles. The fourth-order valence-corrected chi connectivity index (χ4v) is 1.44. The summed E-state index contributed by atoms with van der Waals surface area (Å²) in [6.45, 7) is 2.18. The Morgan fingerprint density at radius 3 is 2.67 bits per heavy atom. The molecule has 7 nitrogen and oxygen atoms in total. The van der Waals surface area contributed by atoms with Crippen molar-refractivity contribution < 1.29 is 13.9 Å². The number of hydrogen-bond acceptors (Lipinski definition) is 7. The molecule has 0 saturated carbocycles. The molecule has 0 atom stereocenters. The summed E-state index contributed by atoms with van der Waals surface area (Å²) in [5.74, 6) is -0.248. The van der Waals surface area contributed by atoms with Crippen molar-refractivity contribution >= 4 is 5.95 Å². The van der Waals surface area contributed by atoms with Crippen LogP contribution < -0.4 is 14.8 Å². The first-order chi connectivity index (χ1) is 10.2. The molecular formula is C13H12FN5O2. The Bertz CT molecular complexity index is 687. The van der Waals surface area contributed by atoms with Crippen molar-refractivity contribution in [2.75, 3.05) is 19.0 Å². The average molecular weight is 289 g/mol. The van der Waals surface area contributed by atoms with Gasteiger partial charge in [-0.15, -0.1) is 4.98 Å². The molecule has 0 saturated heterocycles. The van der Waals surface area contributed by atoms with Crippen molar-refractivity contribution in [3.8, 4) is 23.8 Å². The van der Waals surface area contributed by atoms with Gasteiger partial charge in [-0.25, -0.2) is 4.39 Å². The van der Waals surface area contributed by atoms with Gasteiger partial charge in [0, 0.05) is 13.1 Å². The Kier molecular flexibility index (Phi) is 4.46. The third kappa shape index (κ3) is 3.54. The number of anilines is 1. The van der Waals surface area contributed by atoms with Crippen LogP contribution in [0.15, 0.2) is 18.2 Å². The van der Waals surface area contributed by atoms with Crippen LogP contribution in [0.2, 0.25) is 0 Å². The first-order valence-electron chi connectivity index (χ1n) is 6.10. The number of aromatic nitrogens is 3. The van der Waals surface area contributed by atoms with Crippen LogP contribution in [0.1, 0.15) is 12.5 Å². The average Bonchev–Trinajstić information content (AvgIpc) is 2.47. The zero-order valence-corrected chi connectivity index (χ0v) is 11.4. The molecule has 8 heteroatoms. The Hall–Kier alpha value is -2.95. The van der Waals surface area contributed by atoms with Crippen LogP contribution in [-0.2, 0) is 0 Å². The molecule has 0 bridgehead atoms. The van der Waals surface area contributed by atoms with Crippen LogP contribution in [0, 0.1) is 17.1 Å². The number of nitrogens with zero attached hydrogens (tertiary/aromatic N) is 4. The molecule has 0 fully saturated rings. The molecule has 2 aromatic rings. The van der Waals surface area contributed by atoms with Gasteiger partial charge in [0.05, 0.1) is 12.2 Å². The smallest absolute Gasteiger partial charge is 0.330 e. The fourth-order valence-electron chi connectivity index (χ4n) is 1.44. The van der Waals surface area contributed by atoms with Crippen molar-refractivity contribution in [1.29, 1.82) is 5.26 Å². The second kappa shape index (κ2) is 6.47. The summed E-state index contributed by atoms with van der Waals surface area (Å²) < 4.78 is 24.1.